The minimum atomic E-state index is -0.0452. The number of ether oxygens (including phenoxy) is 1. The monoisotopic (exact) mass is 773 g/mol. The maximum absolute atomic E-state index is 6.87. The number of aromatic nitrogens is 2. The van der Waals surface area contributed by atoms with Crippen molar-refractivity contribution in [1.29, 1.82) is 0 Å². The van der Waals surface area contributed by atoms with Crippen LogP contribution in [0.4, 0.5) is 22.7 Å². The van der Waals surface area contributed by atoms with E-state index in [1.54, 1.807) is 0 Å². The first-order valence-electron chi connectivity index (χ1n) is 20.9. The summed E-state index contributed by atoms with van der Waals surface area (Å²) >= 11 is 0. The van der Waals surface area contributed by atoms with Crippen LogP contribution in [0.25, 0.3) is 38.8 Å². The molecule has 0 N–H and O–H groups in total. The van der Waals surface area contributed by atoms with Crippen LogP contribution >= 0.6 is 0 Å². The third-order valence-corrected chi connectivity index (χ3v) is 12.6. The molecule has 0 amide bonds. The smallest absolute Gasteiger partial charge is 0.225 e. The van der Waals surface area contributed by atoms with Crippen molar-refractivity contribution in [3.63, 3.8) is 0 Å². The molecule has 1 fully saturated rings. The predicted octanol–water partition coefficient (Wildman–Crippen LogP) is 14.9. The summed E-state index contributed by atoms with van der Waals surface area (Å²) in [6.45, 7) is 23.0. The summed E-state index contributed by atoms with van der Waals surface area (Å²) in [5.74, 6) is 2.49. The van der Waals surface area contributed by atoms with Gasteiger partial charge in [-0.3, -0.25) is 4.57 Å². The molecule has 2 atom stereocenters. The standard InChI is InChI=1S/C54H53N4O/c1-52(2,3)37-25-28-45-43(31-37)42-27-26-41(34-46(42)56(45)50-32-38(29-30-55-50)53(4,5)6)59-40-20-15-19-39(33-40)57-35-58(57,48-23-14-13-22-47(48)57)49-24-16-21-44(54(7,8)9)51(49)36-17-11-10-12-18-36/h10-35H,1-9H3/q+1/t57?,58-/m1/s1. The molecule has 5 heteroatoms. The lowest BCUT2D eigenvalue weighted by molar-refractivity contribution is 0.424. The molecule has 1 unspecified atom stereocenters. The molecule has 5 nitrogen and oxygen atoms in total. The van der Waals surface area contributed by atoms with Gasteiger partial charge in [0.1, 0.15) is 17.3 Å². The SMILES string of the molecule is CC(C)(C)c1ccnc(-n2c3ccc(C(C)(C)C)cc3c3ccc(Oc4cccc([N+]56[CH-][N@+]5(c5cccc(C(C)(C)C)c5-c5ccccc5)c5ccccc56)c4)cc32)c1. The minimum absolute atomic E-state index is 0.0120. The van der Waals surface area contributed by atoms with E-state index in [2.05, 4.69) is 219 Å². The fourth-order valence-corrected chi connectivity index (χ4v) is 9.47. The van der Waals surface area contributed by atoms with Gasteiger partial charge >= 0.3 is 0 Å². The Bertz CT molecular complexity index is 2960. The molecule has 0 radical (unpaired) electrons. The number of hydrogen-bond donors (Lipinski definition) is 0. The van der Waals surface area contributed by atoms with Crippen LogP contribution < -0.4 is 13.9 Å². The summed E-state index contributed by atoms with van der Waals surface area (Å²) in [6, 6.07) is 53.1. The summed E-state index contributed by atoms with van der Waals surface area (Å²) in [5, 5.41) is 2.39. The Kier molecular flexibility index (Phi) is 8.05. The van der Waals surface area contributed by atoms with Gasteiger partial charge in [-0.1, -0.05) is 129 Å². The Morgan fingerprint density at radius 2 is 1.17 bits per heavy atom. The Labute approximate surface area is 348 Å². The molecule has 2 aliphatic rings. The zero-order chi connectivity index (χ0) is 41.1. The predicted molar refractivity (Wildman–Crippen MR) is 247 cm³/mol. The zero-order valence-electron chi connectivity index (χ0n) is 35.7. The molecule has 0 aliphatic carbocycles. The summed E-state index contributed by atoms with van der Waals surface area (Å²) in [5.41, 5.74) is 13.6. The number of pyridine rings is 1. The highest BCUT2D eigenvalue weighted by Gasteiger charge is 2.78. The summed E-state index contributed by atoms with van der Waals surface area (Å²) in [4.78, 5) is 4.95. The molecule has 2 aromatic heterocycles. The highest BCUT2D eigenvalue weighted by Crippen LogP contribution is 2.76. The first-order chi connectivity index (χ1) is 28.1. The second-order valence-corrected chi connectivity index (χ2v) is 19.5. The second-order valence-electron chi connectivity index (χ2n) is 19.5. The Balaban J connectivity index is 1.09. The lowest BCUT2D eigenvalue weighted by Gasteiger charge is -2.41. The van der Waals surface area contributed by atoms with E-state index in [1.807, 2.05) is 6.20 Å². The van der Waals surface area contributed by atoms with Gasteiger partial charge in [0, 0.05) is 58.9 Å². The molecular weight excluding hydrogens is 721 g/mol. The highest BCUT2D eigenvalue weighted by molar-refractivity contribution is 6.10. The van der Waals surface area contributed by atoms with Crippen molar-refractivity contribution in [3.05, 3.63) is 175 Å². The van der Waals surface area contributed by atoms with Crippen molar-refractivity contribution >= 4 is 44.6 Å². The lowest BCUT2D eigenvalue weighted by Crippen LogP contribution is -2.46. The van der Waals surface area contributed by atoms with E-state index in [-0.39, 0.29) is 16.2 Å². The number of rotatable bonds is 6. The van der Waals surface area contributed by atoms with Crippen molar-refractivity contribution in [2.45, 2.75) is 78.6 Å². The Morgan fingerprint density at radius 3 is 1.90 bits per heavy atom. The molecule has 10 rings (SSSR count). The Morgan fingerprint density at radius 1 is 0.508 bits per heavy atom. The number of para-hydroxylation sites is 2. The van der Waals surface area contributed by atoms with E-state index in [0.717, 1.165) is 34.0 Å². The molecule has 59 heavy (non-hydrogen) atoms. The van der Waals surface area contributed by atoms with Crippen molar-refractivity contribution in [1.82, 2.24) is 18.7 Å². The number of benzene rings is 6. The van der Waals surface area contributed by atoms with Gasteiger partial charge in [0.15, 0.2) is 18.0 Å². The topological polar surface area (TPSA) is 27.1 Å². The number of nitrogens with zero attached hydrogens (tertiary/aromatic N) is 4. The first kappa shape index (κ1) is 37.3. The minimum Gasteiger partial charge on any atom is -0.457 e. The van der Waals surface area contributed by atoms with E-state index in [1.165, 1.54) is 55.7 Å². The summed E-state index contributed by atoms with van der Waals surface area (Å²) < 4.78 is 10.4. The van der Waals surface area contributed by atoms with Crippen LogP contribution in [-0.4, -0.2) is 9.55 Å². The number of quaternary nitrogens is 2. The van der Waals surface area contributed by atoms with E-state index in [0.29, 0.717) is 9.18 Å². The molecule has 6 aromatic carbocycles. The third kappa shape index (κ3) is 5.62. The van der Waals surface area contributed by atoms with Crippen LogP contribution in [0.15, 0.2) is 152 Å². The molecule has 0 saturated carbocycles. The number of hydrogen-bond acceptors (Lipinski definition) is 2. The molecule has 8 aromatic rings. The van der Waals surface area contributed by atoms with Crippen LogP contribution in [-0.2, 0) is 16.2 Å². The fourth-order valence-electron chi connectivity index (χ4n) is 9.47. The van der Waals surface area contributed by atoms with Crippen molar-refractivity contribution in [2.24, 2.45) is 0 Å². The van der Waals surface area contributed by atoms with E-state index in [4.69, 9.17) is 9.72 Å². The van der Waals surface area contributed by atoms with Crippen LogP contribution in [0.3, 0.4) is 0 Å². The lowest BCUT2D eigenvalue weighted by atomic mass is 9.80. The average molecular weight is 774 g/mol. The molecule has 0 spiro atoms. The van der Waals surface area contributed by atoms with Crippen molar-refractivity contribution in [3.8, 4) is 28.4 Å². The Hall–Kier alpha value is -6.01. The third-order valence-electron chi connectivity index (χ3n) is 12.6. The molecule has 2 aliphatic heterocycles. The molecule has 294 valence electrons. The molecule has 0 bridgehead atoms. The maximum atomic E-state index is 6.87. The van der Waals surface area contributed by atoms with E-state index in [9.17, 15) is 0 Å². The highest BCUT2D eigenvalue weighted by atomic mass is 16.5. The summed E-state index contributed by atoms with van der Waals surface area (Å²) in [6.07, 6.45) is 1.94. The van der Waals surface area contributed by atoms with Gasteiger partial charge in [-0.2, -0.15) is 9.18 Å². The quantitative estimate of drug-likeness (QED) is 0.0956. The molecule has 4 heterocycles. The van der Waals surface area contributed by atoms with Gasteiger partial charge < -0.3 is 4.74 Å². The van der Waals surface area contributed by atoms with E-state index >= 15 is 0 Å². The molecule has 1 saturated heterocycles. The van der Waals surface area contributed by atoms with Crippen LogP contribution in [0.5, 0.6) is 11.5 Å². The fraction of sp³-hybridized carbons (Fsp3) is 0.222. The molecular formula is C54H53N4O+. The van der Waals surface area contributed by atoms with Gasteiger partial charge in [0.05, 0.1) is 11.0 Å². The van der Waals surface area contributed by atoms with Gasteiger partial charge in [0.25, 0.3) is 0 Å². The first-order valence-corrected chi connectivity index (χ1v) is 20.9. The van der Waals surface area contributed by atoms with Crippen LogP contribution in [0, 0.1) is 6.67 Å². The van der Waals surface area contributed by atoms with Crippen molar-refractivity contribution < 1.29 is 4.74 Å². The average Bonchev–Trinajstić information content (AvgIpc) is 3.70. The second kappa shape index (κ2) is 12.7. The van der Waals surface area contributed by atoms with E-state index < -0.39 is 0 Å². The zero-order valence-corrected chi connectivity index (χ0v) is 35.7. The maximum Gasteiger partial charge on any atom is 0.225 e. The van der Waals surface area contributed by atoms with Gasteiger partial charge in [-0.05, 0) is 81.0 Å². The van der Waals surface area contributed by atoms with Crippen LogP contribution in [0.1, 0.15) is 79.0 Å². The number of fused-ring (bicyclic) bond motifs is 7. The largest absolute Gasteiger partial charge is 0.457 e. The van der Waals surface area contributed by atoms with Gasteiger partial charge in [-0.15, -0.1) is 0 Å². The van der Waals surface area contributed by atoms with Gasteiger partial charge in [0.2, 0.25) is 11.4 Å². The van der Waals surface area contributed by atoms with Crippen molar-refractivity contribution in [2.75, 3.05) is 0 Å². The van der Waals surface area contributed by atoms with Crippen LogP contribution in [0.2, 0.25) is 0 Å². The van der Waals surface area contributed by atoms with Gasteiger partial charge in [-0.25, -0.2) is 4.98 Å². The normalized spacial score (nSPS) is 18.7. The summed E-state index contributed by atoms with van der Waals surface area (Å²) in [7, 11) is 0.